The van der Waals surface area contributed by atoms with Crippen LogP contribution in [0.4, 0.5) is 11.9 Å². The second-order valence-electron chi connectivity index (χ2n) is 4.76. The van der Waals surface area contributed by atoms with Gasteiger partial charge in [-0.25, -0.2) is 0 Å². The van der Waals surface area contributed by atoms with E-state index in [-0.39, 0.29) is 0 Å². The summed E-state index contributed by atoms with van der Waals surface area (Å²) in [4.78, 5) is 15.2. The lowest BCUT2D eigenvalue weighted by molar-refractivity contribution is 0.161. The second-order valence-corrected chi connectivity index (χ2v) is 4.76. The third-order valence-corrected chi connectivity index (χ3v) is 3.18. The van der Waals surface area contributed by atoms with E-state index in [1.807, 2.05) is 13.8 Å². The summed E-state index contributed by atoms with van der Waals surface area (Å²) in [7, 11) is 1.74. The summed E-state index contributed by atoms with van der Waals surface area (Å²) in [6.07, 6.45) is 1.10. The third-order valence-electron chi connectivity index (χ3n) is 3.18. The van der Waals surface area contributed by atoms with Gasteiger partial charge in [0.25, 0.3) is 0 Å². The fraction of sp³-hybridized carbons (Fsp3) is 0.769. The largest absolute Gasteiger partial charge is 0.464 e. The monoisotopic (exact) mass is 281 g/mol. The van der Waals surface area contributed by atoms with E-state index in [0.717, 1.165) is 32.7 Å². The highest BCUT2D eigenvalue weighted by Gasteiger charge is 2.25. The van der Waals surface area contributed by atoms with Gasteiger partial charge in [-0.2, -0.15) is 15.0 Å². The third kappa shape index (κ3) is 3.69. The molecule has 1 aliphatic rings. The predicted molar refractivity (Wildman–Crippen MR) is 77.4 cm³/mol. The van der Waals surface area contributed by atoms with E-state index in [9.17, 15) is 0 Å². The van der Waals surface area contributed by atoms with E-state index in [0.29, 0.717) is 30.4 Å². The zero-order chi connectivity index (χ0) is 14.4. The SMILES string of the molecule is CCNc1nc(OCC)nc(N2CCC(COC)C2)n1. The Balaban J connectivity index is 2.13. The molecule has 20 heavy (non-hydrogen) atoms. The molecule has 0 amide bonds. The zero-order valence-electron chi connectivity index (χ0n) is 12.4. The number of nitrogens with zero attached hydrogens (tertiary/aromatic N) is 4. The molecule has 2 heterocycles. The van der Waals surface area contributed by atoms with Gasteiger partial charge < -0.3 is 19.7 Å². The average molecular weight is 281 g/mol. The first-order valence-corrected chi connectivity index (χ1v) is 7.13. The highest BCUT2D eigenvalue weighted by Crippen LogP contribution is 2.23. The van der Waals surface area contributed by atoms with Gasteiger partial charge in [0.2, 0.25) is 11.9 Å². The molecule has 0 aliphatic carbocycles. The van der Waals surface area contributed by atoms with Gasteiger partial charge in [-0.15, -0.1) is 0 Å². The molecule has 0 radical (unpaired) electrons. The molecule has 0 saturated carbocycles. The van der Waals surface area contributed by atoms with Crippen molar-refractivity contribution in [2.24, 2.45) is 5.92 Å². The Morgan fingerprint density at radius 2 is 2.15 bits per heavy atom. The van der Waals surface area contributed by atoms with Crippen LogP contribution < -0.4 is 15.0 Å². The smallest absolute Gasteiger partial charge is 0.323 e. The van der Waals surface area contributed by atoms with E-state index < -0.39 is 0 Å². The minimum absolute atomic E-state index is 0.378. The molecule has 1 aromatic rings. The minimum Gasteiger partial charge on any atom is -0.464 e. The van der Waals surface area contributed by atoms with E-state index >= 15 is 0 Å². The zero-order valence-corrected chi connectivity index (χ0v) is 12.4. The molecule has 0 bridgehead atoms. The van der Waals surface area contributed by atoms with Crippen LogP contribution in [0.25, 0.3) is 0 Å². The molecule has 112 valence electrons. The molecule has 7 nitrogen and oxygen atoms in total. The highest BCUT2D eigenvalue weighted by atomic mass is 16.5. The number of hydrogen-bond acceptors (Lipinski definition) is 7. The highest BCUT2D eigenvalue weighted by molar-refractivity contribution is 5.39. The lowest BCUT2D eigenvalue weighted by Gasteiger charge is -2.17. The summed E-state index contributed by atoms with van der Waals surface area (Å²) < 4.78 is 10.6. The van der Waals surface area contributed by atoms with Gasteiger partial charge in [-0.05, 0) is 20.3 Å². The molecule has 1 saturated heterocycles. The van der Waals surface area contributed by atoms with Crippen molar-refractivity contribution < 1.29 is 9.47 Å². The molecule has 2 rings (SSSR count). The molecule has 1 unspecified atom stereocenters. The van der Waals surface area contributed by atoms with Crippen LogP contribution in [0.3, 0.4) is 0 Å². The first-order chi connectivity index (χ1) is 9.76. The van der Waals surface area contributed by atoms with E-state index in [4.69, 9.17) is 9.47 Å². The number of aromatic nitrogens is 3. The first-order valence-electron chi connectivity index (χ1n) is 7.13. The molecule has 1 atom stereocenters. The molecule has 1 aromatic heterocycles. The molecule has 0 aromatic carbocycles. The fourth-order valence-corrected chi connectivity index (χ4v) is 2.30. The van der Waals surface area contributed by atoms with Crippen LogP contribution >= 0.6 is 0 Å². The van der Waals surface area contributed by atoms with Crippen molar-refractivity contribution >= 4 is 11.9 Å². The van der Waals surface area contributed by atoms with Crippen LogP contribution in [0, 0.1) is 5.92 Å². The maximum absolute atomic E-state index is 5.41. The molecule has 0 spiro atoms. The van der Waals surface area contributed by atoms with Crippen LogP contribution in [-0.4, -0.2) is 54.9 Å². The van der Waals surface area contributed by atoms with Gasteiger partial charge in [0.1, 0.15) is 0 Å². The Morgan fingerprint density at radius 3 is 2.85 bits per heavy atom. The van der Waals surface area contributed by atoms with Crippen molar-refractivity contribution in [2.45, 2.75) is 20.3 Å². The van der Waals surface area contributed by atoms with E-state index in [1.165, 1.54) is 0 Å². The summed E-state index contributed by atoms with van der Waals surface area (Å²) in [5.74, 6) is 1.78. The molecule has 1 N–H and O–H groups in total. The Bertz CT molecular complexity index is 405. The molecule has 7 heteroatoms. The van der Waals surface area contributed by atoms with Crippen molar-refractivity contribution in [2.75, 3.05) is 50.2 Å². The quantitative estimate of drug-likeness (QED) is 0.804. The van der Waals surface area contributed by atoms with E-state index in [2.05, 4.69) is 25.2 Å². The van der Waals surface area contributed by atoms with Gasteiger partial charge in [-0.3, -0.25) is 0 Å². The van der Waals surface area contributed by atoms with Gasteiger partial charge in [0, 0.05) is 32.7 Å². The summed E-state index contributed by atoms with van der Waals surface area (Å²) in [6, 6.07) is 0.378. The van der Waals surface area contributed by atoms with Crippen molar-refractivity contribution in [3.8, 4) is 6.01 Å². The lowest BCUT2D eigenvalue weighted by Crippen LogP contribution is -2.24. The Morgan fingerprint density at radius 1 is 1.30 bits per heavy atom. The van der Waals surface area contributed by atoms with E-state index in [1.54, 1.807) is 7.11 Å². The number of nitrogens with one attached hydrogen (secondary N) is 1. The van der Waals surface area contributed by atoms with Gasteiger partial charge in [-0.1, -0.05) is 0 Å². The van der Waals surface area contributed by atoms with Crippen molar-refractivity contribution in [1.29, 1.82) is 0 Å². The number of rotatable bonds is 7. The van der Waals surface area contributed by atoms with Gasteiger partial charge in [0.15, 0.2) is 0 Å². The average Bonchev–Trinajstić information content (AvgIpc) is 2.88. The normalized spacial score (nSPS) is 18.4. The maximum Gasteiger partial charge on any atom is 0.323 e. The Hall–Kier alpha value is -1.63. The summed E-state index contributed by atoms with van der Waals surface area (Å²) in [5, 5.41) is 3.11. The van der Waals surface area contributed by atoms with Crippen molar-refractivity contribution in [1.82, 2.24) is 15.0 Å². The minimum atomic E-state index is 0.378. The number of anilines is 2. The summed E-state index contributed by atoms with van der Waals surface area (Å²) in [6.45, 7) is 7.86. The number of hydrogen-bond donors (Lipinski definition) is 1. The second kappa shape index (κ2) is 7.23. The molecule has 1 fully saturated rings. The Kier molecular flexibility index (Phi) is 5.34. The first kappa shape index (κ1) is 14.8. The summed E-state index contributed by atoms with van der Waals surface area (Å²) in [5.41, 5.74) is 0. The lowest BCUT2D eigenvalue weighted by atomic mass is 10.1. The van der Waals surface area contributed by atoms with Gasteiger partial charge >= 0.3 is 6.01 Å². The number of ether oxygens (including phenoxy) is 2. The maximum atomic E-state index is 5.41. The molecule has 1 aliphatic heterocycles. The van der Waals surface area contributed by atoms with Crippen molar-refractivity contribution in [3.63, 3.8) is 0 Å². The topological polar surface area (TPSA) is 72.4 Å². The summed E-state index contributed by atoms with van der Waals surface area (Å²) >= 11 is 0. The Labute approximate surface area is 119 Å². The fourth-order valence-electron chi connectivity index (χ4n) is 2.30. The van der Waals surface area contributed by atoms with Gasteiger partial charge in [0.05, 0.1) is 13.2 Å². The molecular weight excluding hydrogens is 258 g/mol. The van der Waals surface area contributed by atoms with Crippen LogP contribution in [-0.2, 0) is 4.74 Å². The van der Waals surface area contributed by atoms with Crippen LogP contribution in [0.2, 0.25) is 0 Å². The van der Waals surface area contributed by atoms with Crippen LogP contribution in [0.15, 0.2) is 0 Å². The number of methoxy groups -OCH3 is 1. The standard InChI is InChI=1S/C13H23N5O2/c1-4-14-11-15-12(17-13(16-11)20-5-2)18-7-6-10(8-18)9-19-3/h10H,4-9H2,1-3H3,(H,14,15,16,17). The van der Waals surface area contributed by atoms with Crippen LogP contribution in [0.5, 0.6) is 6.01 Å². The predicted octanol–water partition coefficient (Wildman–Crippen LogP) is 1.17. The van der Waals surface area contributed by atoms with Crippen LogP contribution in [0.1, 0.15) is 20.3 Å². The molecular formula is C13H23N5O2. The van der Waals surface area contributed by atoms with Crippen molar-refractivity contribution in [3.05, 3.63) is 0 Å².